The quantitative estimate of drug-likeness (QED) is 0.0571. The summed E-state index contributed by atoms with van der Waals surface area (Å²) in [4.78, 5) is 2.72. The minimum absolute atomic E-state index is 0.0116. The SMILES string of the molecule is [N-]=[N+]=N[C@H]1C=C(COCc2ccccc2)[C@@H](OCc2ccccc2)[C@H](OCc2ccccc2)[C@@H]1OS(=O)(=O)C(F)(F)F. The van der Waals surface area contributed by atoms with E-state index < -0.39 is 40.0 Å². The Bertz CT molecular complexity index is 1470. The number of benzene rings is 3. The molecular formula is C29H28F3N3O6S. The van der Waals surface area contributed by atoms with E-state index in [0.29, 0.717) is 11.1 Å². The predicted molar refractivity (Wildman–Crippen MR) is 147 cm³/mol. The van der Waals surface area contributed by atoms with Gasteiger partial charge in [0.2, 0.25) is 0 Å². The first-order chi connectivity index (χ1) is 20.2. The molecular weight excluding hydrogens is 575 g/mol. The molecule has 13 heteroatoms. The Kier molecular flexibility index (Phi) is 10.7. The van der Waals surface area contributed by atoms with Crippen molar-refractivity contribution in [1.82, 2.24) is 0 Å². The van der Waals surface area contributed by atoms with Crippen LogP contribution in [0.3, 0.4) is 0 Å². The van der Waals surface area contributed by atoms with Crippen LogP contribution in [0, 0.1) is 0 Å². The minimum atomic E-state index is -6.10. The topological polar surface area (TPSA) is 120 Å². The zero-order chi connectivity index (χ0) is 30.0. The van der Waals surface area contributed by atoms with E-state index in [4.69, 9.17) is 18.4 Å². The number of hydrogen-bond acceptors (Lipinski definition) is 7. The van der Waals surface area contributed by atoms with Crippen molar-refractivity contribution in [1.29, 1.82) is 0 Å². The normalized spacial score (nSPS) is 20.9. The maximum atomic E-state index is 13.4. The molecule has 1 aliphatic rings. The largest absolute Gasteiger partial charge is 0.523 e. The fourth-order valence-electron chi connectivity index (χ4n) is 4.36. The van der Waals surface area contributed by atoms with E-state index in [0.717, 1.165) is 11.1 Å². The molecule has 0 aromatic heterocycles. The van der Waals surface area contributed by atoms with Crippen LogP contribution in [-0.2, 0) is 48.3 Å². The van der Waals surface area contributed by atoms with E-state index in [1.807, 2.05) is 36.4 Å². The molecule has 0 N–H and O–H groups in total. The lowest BCUT2D eigenvalue weighted by atomic mass is 9.88. The third kappa shape index (κ3) is 8.41. The van der Waals surface area contributed by atoms with Gasteiger partial charge in [-0.3, -0.25) is 4.18 Å². The maximum absolute atomic E-state index is 13.4. The summed E-state index contributed by atoms with van der Waals surface area (Å²) in [5, 5.41) is 3.56. The summed E-state index contributed by atoms with van der Waals surface area (Å²) in [6.07, 6.45) is -3.14. The van der Waals surface area contributed by atoms with E-state index in [2.05, 4.69) is 10.0 Å². The van der Waals surface area contributed by atoms with Crippen LogP contribution >= 0.6 is 0 Å². The molecule has 9 nitrogen and oxygen atoms in total. The summed E-state index contributed by atoms with van der Waals surface area (Å²) in [7, 11) is -6.10. The molecule has 0 heterocycles. The zero-order valence-electron chi connectivity index (χ0n) is 22.2. The molecule has 0 aliphatic heterocycles. The molecule has 4 rings (SSSR count). The molecule has 0 saturated carbocycles. The van der Waals surface area contributed by atoms with Gasteiger partial charge < -0.3 is 14.2 Å². The summed E-state index contributed by atoms with van der Waals surface area (Å²) < 4.78 is 87.4. The van der Waals surface area contributed by atoms with Crippen LogP contribution in [0.4, 0.5) is 13.2 Å². The lowest BCUT2D eigenvalue weighted by Crippen LogP contribution is -2.53. The molecule has 3 aromatic carbocycles. The van der Waals surface area contributed by atoms with Crippen molar-refractivity contribution in [2.75, 3.05) is 6.61 Å². The first kappa shape index (κ1) is 31.2. The van der Waals surface area contributed by atoms with Crippen LogP contribution in [0.1, 0.15) is 16.7 Å². The minimum Gasteiger partial charge on any atom is -0.372 e. The first-order valence-corrected chi connectivity index (χ1v) is 14.3. The molecule has 0 fully saturated rings. The van der Waals surface area contributed by atoms with Crippen LogP contribution in [0.2, 0.25) is 0 Å². The molecule has 0 radical (unpaired) electrons. The molecule has 0 unspecified atom stereocenters. The molecule has 0 amide bonds. The maximum Gasteiger partial charge on any atom is 0.523 e. The number of halogens is 3. The van der Waals surface area contributed by atoms with Crippen molar-refractivity contribution in [2.45, 2.75) is 49.7 Å². The number of hydrogen-bond donors (Lipinski definition) is 0. The van der Waals surface area contributed by atoms with Crippen molar-refractivity contribution in [3.8, 4) is 0 Å². The van der Waals surface area contributed by atoms with Crippen molar-refractivity contribution in [3.63, 3.8) is 0 Å². The van der Waals surface area contributed by atoms with E-state index in [9.17, 15) is 27.1 Å². The van der Waals surface area contributed by atoms with Gasteiger partial charge in [0, 0.05) is 4.91 Å². The molecule has 3 aromatic rings. The van der Waals surface area contributed by atoms with Crippen LogP contribution in [0.25, 0.3) is 10.4 Å². The Morgan fingerprint density at radius 2 is 1.24 bits per heavy atom. The van der Waals surface area contributed by atoms with E-state index in [-0.39, 0.29) is 26.4 Å². The van der Waals surface area contributed by atoms with Gasteiger partial charge in [0.25, 0.3) is 0 Å². The fraction of sp³-hybridized carbons (Fsp3) is 0.310. The third-order valence-electron chi connectivity index (χ3n) is 6.35. The van der Waals surface area contributed by atoms with Crippen LogP contribution < -0.4 is 0 Å². The Hall–Kier alpha value is -3.71. The summed E-state index contributed by atoms with van der Waals surface area (Å²) >= 11 is 0. The molecule has 0 saturated heterocycles. The van der Waals surface area contributed by atoms with Crippen molar-refractivity contribution >= 4 is 10.1 Å². The molecule has 222 valence electrons. The Morgan fingerprint density at radius 3 is 1.74 bits per heavy atom. The molecule has 1 aliphatic carbocycles. The second kappa shape index (κ2) is 14.5. The number of ether oxygens (including phenoxy) is 3. The zero-order valence-corrected chi connectivity index (χ0v) is 23.0. The second-order valence-electron chi connectivity index (χ2n) is 9.35. The summed E-state index contributed by atoms with van der Waals surface area (Å²) in [6, 6.07) is 25.5. The highest BCUT2D eigenvalue weighted by atomic mass is 32.2. The molecule has 0 spiro atoms. The van der Waals surface area contributed by atoms with Gasteiger partial charge in [-0.1, -0.05) is 102 Å². The van der Waals surface area contributed by atoms with E-state index >= 15 is 0 Å². The van der Waals surface area contributed by atoms with Gasteiger partial charge in [0.05, 0.1) is 32.5 Å². The third-order valence-corrected chi connectivity index (χ3v) is 7.40. The number of rotatable bonds is 13. The van der Waals surface area contributed by atoms with Gasteiger partial charge in [-0.2, -0.15) is 21.6 Å². The predicted octanol–water partition coefficient (Wildman–Crippen LogP) is 6.23. The summed E-state index contributed by atoms with van der Waals surface area (Å²) in [5.74, 6) is 0. The van der Waals surface area contributed by atoms with E-state index in [1.165, 1.54) is 6.08 Å². The highest BCUT2D eigenvalue weighted by Crippen LogP contribution is 2.35. The van der Waals surface area contributed by atoms with Gasteiger partial charge >= 0.3 is 15.6 Å². The molecule has 42 heavy (non-hydrogen) atoms. The van der Waals surface area contributed by atoms with Gasteiger partial charge in [-0.05, 0) is 27.8 Å². The molecule has 0 bridgehead atoms. The van der Waals surface area contributed by atoms with Crippen molar-refractivity contribution in [2.24, 2.45) is 5.11 Å². The van der Waals surface area contributed by atoms with Crippen LogP contribution in [0.5, 0.6) is 0 Å². The fourth-order valence-corrected chi connectivity index (χ4v) is 4.99. The lowest BCUT2D eigenvalue weighted by Gasteiger charge is -2.40. The number of alkyl halides is 3. The van der Waals surface area contributed by atoms with Gasteiger partial charge in [0.1, 0.15) is 18.3 Å². The molecule has 4 atom stereocenters. The average Bonchev–Trinajstić information content (AvgIpc) is 2.98. The smallest absolute Gasteiger partial charge is 0.372 e. The monoisotopic (exact) mass is 603 g/mol. The lowest BCUT2D eigenvalue weighted by molar-refractivity contribution is -0.129. The Balaban J connectivity index is 1.71. The summed E-state index contributed by atoms with van der Waals surface area (Å²) in [5.41, 5.74) is 6.17. The highest BCUT2D eigenvalue weighted by Gasteiger charge is 2.53. The van der Waals surface area contributed by atoms with E-state index in [1.54, 1.807) is 54.6 Å². The number of azide groups is 1. The Morgan fingerprint density at radius 1 is 0.738 bits per heavy atom. The van der Waals surface area contributed by atoms with Crippen molar-refractivity contribution < 1.29 is 40.0 Å². The first-order valence-electron chi connectivity index (χ1n) is 12.8. The van der Waals surface area contributed by atoms with Gasteiger partial charge in [-0.15, -0.1) is 0 Å². The average molecular weight is 604 g/mol. The van der Waals surface area contributed by atoms with Gasteiger partial charge in [-0.25, -0.2) is 0 Å². The summed E-state index contributed by atoms with van der Waals surface area (Å²) in [6.45, 7) is 0.0187. The van der Waals surface area contributed by atoms with Crippen LogP contribution in [0.15, 0.2) is 108 Å². The van der Waals surface area contributed by atoms with Crippen molar-refractivity contribution in [3.05, 3.63) is 130 Å². The Labute approximate surface area is 241 Å². The number of nitrogens with zero attached hydrogens (tertiary/aromatic N) is 3. The van der Waals surface area contributed by atoms with Gasteiger partial charge in [0.15, 0.2) is 0 Å². The highest BCUT2D eigenvalue weighted by molar-refractivity contribution is 7.87. The van der Waals surface area contributed by atoms with Crippen LogP contribution in [-0.4, -0.2) is 44.9 Å². The second-order valence-corrected chi connectivity index (χ2v) is 10.9. The standard InChI is InChI=1S/C29H28F3N3O6S/c30-29(31,32)42(36,37)41-27-25(34-35-33)16-24(20-38-17-21-10-4-1-5-11-21)26(39-18-22-12-6-2-7-13-22)28(27)40-19-23-14-8-3-9-15-23/h1-16,25-28H,17-20H2/t25-,26+,27+,28-/m0/s1.